The fourth-order valence-corrected chi connectivity index (χ4v) is 1.62. The van der Waals surface area contributed by atoms with Gasteiger partial charge >= 0.3 is 6.01 Å². The number of rotatable bonds is 3. The largest absolute Gasteiger partial charge is 0.484 e. The summed E-state index contributed by atoms with van der Waals surface area (Å²) in [4.78, 5) is 0. The molecule has 0 radical (unpaired) electrons. The summed E-state index contributed by atoms with van der Waals surface area (Å²) in [6.45, 7) is 6.34. The molecule has 5 nitrogen and oxygen atoms in total. The van der Waals surface area contributed by atoms with Gasteiger partial charge in [-0.2, -0.15) is 0 Å². The molecule has 0 bridgehead atoms. The normalized spacial score (nSPS) is 10.5. The number of aromatic nitrogens is 2. The Morgan fingerprint density at radius 3 is 2.65 bits per heavy atom. The Morgan fingerprint density at radius 2 is 2.00 bits per heavy atom. The first kappa shape index (κ1) is 11.4. The van der Waals surface area contributed by atoms with Gasteiger partial charge in [0.1, 0.15) is 5.75 Å². The molecule has 0 saturated heterocycles. The second-order valence-corrected chi connectivity index (χ2v) is 4.03. The number of nitrogens with two attached hydrogens (primary N) is 1. The molecule has 0 aliphatic rings. The molecule has 2 rings (SSSR count). The Hall–Kier alpha value is -2.04. The summed E-state index contributed by atoms with van der Waals surface area (Å²) in [5.74, 6) is 1.21. The summed E-state index contributed by atoms with van der Waals surface area (Å²) in [5, 5.41) is 7.31. The molecule has 0 aliphatic carbocycles. The van der Waals surface area contributed by atoms with Gasteiger partial charge in [0.2, 0.25) is 0 Å². The molecule has 1 aromatic carbocycles. The second-order valence-electron chi connectivity index (χ2n) is 4.03. The van der Waals surface area contributed by atoms with Crippen molar-refractivity contribution in [1.29, 1.82) is 0 Å². The molecule has 1 aromatic heterocycles. The van der Waals surface area contributed by atoms with E-state index in [1.807, 2.05) is 19.9 Å². The lowest BCUT2D eigenvalue weighted by molar-refractivity contribution is 0.263. The van der Waals surface area contributed by atoms with E-state index in [4.69, 9.17) is 14.9 Å². The Kier molecular flexibility index (Phi) is 2.99. The molecule has 2 N–H and O–H groups in total. The van der Waals surface area contributed by atoms with E-state index in [1.54, 1.807) is 0 Å². The molecule has 0 atom stereocenters. The third kappa shape index (κ3) is 2.55. The van der Waals surface area contributed by atoms with E-state index in [0.717, 1.165) is 16.9 Å². The van der Waals surface area contributed by atoms with Gasteiger partial charge in [0.05, 0.1) is 0 Å². The average molecular weight is 233 g/mol. The zero-order chi connectivity index (χ0) is 12.4. The van der Waals surface area contributed by atoms with Crippen molar-refractivity contribution < 1.29 is 9.15 Å². The molecular formula is C12H15N3O2. The zero-order valence-electron chi connectivity index (χ0n) is 10.2. The molecule has 1 heterocycles. The monoisotopic (exact) mass is 233 g/mol. The molecule has 0 aliphatic heterocycles. The number of ether oxygens (including phenoxy) is 1. The van der Waals surface area contributed by atoms with Crippen LogP contribution in [-0.2, 0) is 6.61 Å². The van der Waals surface area contributed by atoms with Crippen LogP contribution in [0.4, 0.5) is 6.01 Å². The van der Waals surface area contributed by atoms with Gasteiger partial charge in [-0.15, -0.1) is 5.10 Å². The average Bonchev–Trinajstić information content (AvgIpc) is 2.67. The molecule has 17 heavy (non-hydrogen) atoms. The summed E-state index contributed by atoms with van der Waals surface area (Å²) < 4.78 is 10.7. The van der Waals surface area contributed by atoms with E-state index in [2.05, 4.69) is 23.2 Å². The number of aryl methyl sites for hydroxylation is 2. The first-order valence-electron chi connectivity index (χ1n) is 5.35. The minimum absolute atomic E-state index is 0.0562. The van der Waals surface area contributed by atoms with Gasteiger partial charge in [0.15, 0.2) is 6.61 Å². The highest BCUT2D eigenvalue weighted by atomic mass is 16.5. The zero-order valence-corrected chi connectivity index (χ0v) is 10.2. The first-order valence-corrected chi connectivity index (χ1v) is 5.35. The van der Waals surface area contributed by atoms with Crippen molar-refractivity contribution in [2.45, 2.75) is 27.4 Å². The molecule has 0 saturated carbocycles. The van der Waals surface area contributed by atoms with Gasteiger partial charge in [-0.25, -0.2) is 0 Å². The van der Waals surface area contributed by atoms with Crippen LogP contribution in [0.3, 0.4) is 0 Å². The van der Waals surface area contributed by atoms with E-state index in [1.165, 1.54) is 5.56 Å². The predicted molar refractivity (Wildman–Crippen MR) is 63.7 cm³/mol. The van der Waals surface area contributed by atoms with Gasteiger partial charge in [0.25, 0.3) is 5.89 Å². The lowest BCUT2D eigenvalue weighted by Crippen LogP contribution is -1.99. The fraction of sp³-hybridized carbons (Fsp3) is 0.333. The van der Waals surface area contributed by atoms with Crippen LogP contribution in [0.2, 0.25) is 0 Å². The van der Waals surface area contributed by atoms with E-state index in [9.17, 15) is 0 Å². The standard InChI is InChI=1S/C12H15N3O2/c1-7-4-8(2)9(3)10(5-7)16-6-11-14-15-12(13)17-11/h4-5H,6H2,1-3H3,(H2,13,15). The molecule has 5 heteroatoms. The van der Waals surface area contributed by atoms with Crippen molar-refractivity contribution in [3.05, 3.63) is 34.7 Å². The number of anilines is 1. The van der Waals surface area contributed by atoms with Crippen molar-refractivity contribution in [1.82, 2.24) is 10.2 Å². The number of hydrogen-bond donors (Lipinski definition) is 1. The van der Waals surface area contributed by atoms with Crippen LogP contribution in [0.5, 0.6) is 5.75 Å². The van der Waals surface area contributed by atoms with E-state index in [0.29, 0.717) is 5.89 Å². The van der Waals surface area contributed by atoms with Crippen molar-refractivity contribution >= 4 is 6.01 Å². The van der Waals surface area contributed by atoms with Gasteiger partial charge < -0.3 is 14.9 Å². The Labute approximate surface area is 99.6 Å². The van der Waals surface area contributed by atoms with E-state index < -0.39 is 0 Å². The molecule has 90 valence electrons. The first-order chi connectivity index (χ1) is 8.06. The molecule has 0 spiro atoms. The lowest BCUT2D eigenvalue weighted by Gasteiger charge is -2.10. The van der Waals surface area contributed by atoms with Gasteiger partial charge in [-0.3, -0.25) is 0 Å². The van der Waals surface area contributed by atoms with Crippen LogP contribution < -0.4 is 10.5 Å². The van der Waals surface area contributed by atoms with Crippen molar-refractivity contribution in [2.75, 3.05) is 5.73 Å². The minimum atomic E-state index is 0.0562. The molecule has 0 fully saturated rings. The Balaban J connectivity index is 2.14. The molecule has 0 amide bonds. The summed E-state index contributed by atoms with van der Waals surface area (Å²) in [5.41, 5.74) is 8.80. The molecule has 0 unspecified atom stereocenters. The lowest BCUT2D eigenvalue weighted by atomic mass is 10.1. The van der Waals surface area contributed by atoms with Crippen molar-refractivity contribution in [2.24, 2.45) is 0 Å². The van der Waals surface area contributed by atoms with E-state index in [-0.39, 0.29) is 12.6 Å². The second kappa shape index (κ2) is 4.45. The van der Waals surface area contributed by atoms with Crippen LogP contribution in [0.15, 0.2) is 16.5 Å². The van der Waals surface area contributed by atoms with Gasteiger partial charge in [-0.1, -0.05) is 11.2 Å². The third-order valence-electron chi connectivity index (χ3n) is 2.60. The highest BCUT2D eigenvalue weighted by Crippen LogP contribution is 2.24. The Morgan fingerprint density at radius 1 is 1.24 bits per heavy atom. The van der Waals surface area contributed by atoms with Crippen LogP contribution in [-0.4, -0.2) is 10.2 Å². The highest BCUT2D eigenvalue weighted by molar-refractivity contribution is 5.41. The highest BCUT2D eigenvalue weighted by Gasteiger charge is 2.07. The maximum Gasteiger partial charge on any atom is 0.312 e. The van der Waals surface area contributed by atoms with E-state index >= 15 is 0 Å². The van der Waals surface area contributed by atoms with Crippen LogP contribution in [0.1, 0.15) is 22.6 Å². The summed E-state index contributed by atoms with van der Waals surface area (Å²) >= 11 is 0. The summed E-state index contributed by atoms with van der Waals surface area (Å²) in [6, 6.07) is 4.16. The summed E-state index contributed by atoms with van der Waals surface area (Å²) in [7, 11) is 0. The van der Waals surface area contributed by atoms with Crippen LogP contribution in [0, 0.1) is 20.8 Å². The van der Waals surface area contributed by atoms with Crippen molar-refractivity contribution in [3.63, 3.8) is 0 Å². The number of nitrogen functional groups attached to an aromatic ring is 1. The number of benzene rings is 1. The topological polar surface area (TPSA) is 74.2 Å². The predicted octanol–water partition coefficient (Wildman–Crippen LogP) is 2.16. The minimum Gasteiger partial charge on any atom is -0.484 e. The maximum absolute atomic E-state index is 5.65. The van der Waals surface area contributed by atoms with Crippen molar-refractivity contribution in [3.8, 4) is 5.75 Å². The van der Waals surface area contributed by atoms with Crippen LogP contribution >= 0.6 is 0 Å². The summed E-state index contributed by atoms with van der Waals surface area (Å²) in [6.07, 6.45) is 0. The number of hydrogen-bond acceptors (Lipinski definition) is 5. The SMILES string of the molecule is Cc1cc(C)c(C)c(OCc2nnc(N)o2)c1. The van der Waals surface area contributed by atoms with Crippen LogP contribution in [0.25, 0.3) is 0 Å². The Bertz CT molecular complexity index is 535. The quantitative estimate of drug-likeness (QED) is 0.879. The fourth-order valence-electron chi connectivity index (χ4n) is 1.62. The molecule has 2 aromatic rings. The van der Waals surface area contributed by atoms with Gasteiger partial charge in [0, 0.05) is 0 Å². The third-order valence-corrected chi connectivity index (χ3v) is 2.60. The maximum atomic E-state index is 5.65. The van der Waals surface area contributed by atoms with Gasteiger partial charge in [-0.05, 0) is 43.5 Å². The smallest absolute Gasteiger partial charge is 0.312 e. The number of nitrogens with zero attached hydrogens (tertiary/aromatic N) is 2. The molecular weight excluding hydrogens is 218 g/mol.